The topological polar surface area (TPSA) is 0 Å². The minimum atomic E-state index is 0.255. The Hall–Kier alpha value is 0.543. The van der Waals surface area contributed by atoms with Gasteiger partial charge in [-0.1, -0.05) is 0 Å². The molecule has 1 heteroatoms. The fourth-order valence-electron chi connectivity index (χ4n) is 0.841. The molecule has 0 aromatic heterocycles. The average molecular weight is 188 g/mol. The molecule has 0 bridgehead atoms. The van der Waals surface area contributed by atoms with Gasteiger partial charge >= 0.3 is 65.5 Å². The standard InChI is InChI=1S/C8H19Ge/c1-3-5-7-9-8-6-4-2/h9H,3-8H2,1-2H3. The Morgan fingerprint density at radius 3 is 1.67 bits per heavy atom. The van der Waals surface area contributed by atoms with Gasteiger partial charge in [0.05, 0.1) is 0 Å². The number of hydrogen-bond acceptors (Lipinski definition) is 0. The zero-order valence-corrected chi connectivity index (χ0v) is 9.24. The number of rotatable bonds is 6. The van der Waals surface area contributed by atoms with Crippen LogP contribution in [0.4, 0.5) is 0 Å². The van der Waals surface area contributed by atoms with E-state index in [1.54, 1.807) is 10.5 Å². The maximum atomic E-state index is 2.29. The van der Waals surface area contributed by atoms with Gasteiger partial charge in [0.15, 0.2) is 0 Å². The zero-order valence-electron chi connectivity index (χ0n) is 6.82. The first-order chi connectivity index (χ1) is 4.41. The van der Waals surface area contributed by atoms with E-state index in [2.05, 4.69) is 13.8 Å². The predicted octanol–water partition coefficient (Wildman–Crippen LogP) is 2.86. The van der Waals surface area contributed by atoms with Crippen molar-refractivity contribution >= 4 is 15.4 Å². The SMILES string of the molecule is CCC[CH2][GeH][CH2]CCC. The molecule has 0 fully saturated rings. The van der Waals surface area contributed by atoms with Crippen molar-refractivity contribution in [3.05, 3.63) is 0 Å². The molecule has 0 aromatic rings. The monoisotopic (exact) mass is 189 g/mol. The van der Waals surface area contributed by atoms with Crippen LogP contribution < -0.4 is 0 Å². The molecule has 0 spiro atoms. The molecule has 0 rings (SSSR count). The molecular weight excluding hydrogens is 169 g/mol. The molecule has 9 heavy (non-hydrogen) atoms. The van der Waals surface area contributed by atoms with E-state index >= 15 is 0 Å². The molecule has 0 aromatic carbocycles. The van der Waals surface area contributed by atoms with Gasteiger partial charge < -0.3 is 0 Å². The van der Waals surface area contributed by atoms with Crippen molar-refractivity contribution in [1.82, 2.24) is 0 Å². The minimum absolute atomic E-state index is 0.255. The fourth-order valence-corrected chi connectivity index (χ4v) is 4.37. The van der Waals surface area contributed by atoms with Crippen LogP contribution >= 0.6 is 0 Å². The normalized spacial score (nSPS) is 10.0. The van der Waals surface area contributed by atoms with E-state index in [9.17, 15) is 0 Å². The van der Waals surface area contributed by atoms with E-state index < -0.39 is 0 Å². The van der Waals surface area contributed by atoms with Gasteiger partial charge in [-0.2, -0.15) is 0 Å². The first kappa shape index (κ1) is 9.54. The van der Waals surface area contributed by atoms with Gasteiger partial charge in [-0.25, -0.2) is 0 Å². The summed E-state index contributed by atoms with van der Waals surface area (Å²) in [4.78, 5) is 0. The average Bonchev–Trinajstić information content (AvgIpc) is 1.89. The summed E-state index contributed by atoms with van der Waals surface area (Å²) in [6.45, 7) is 4.58. The van der Waals surface area contributed by atoms with E-state index in [-0.39, 0.29) is 15.4 Å². The van der Waals surface area contributed by atoms with Gasteiger partial charge in [-0.05, 0) is 0 Å². The Balaban J connectivity index is 2.60. The van der Waals surface area contributed by atoms with Crippen molar-refractivity contribution < 1.29 is 0 Å². The van der Waals surface area contributed by atoms with E-state index in [0.29, 0.717) is 0 Å². The van der Waals surface area contributed by atoms with Crippen LogP contribution in [0.5, 0.6) is 0 Å². The fraction of sp³-hybridized carbons (Fsp3) is 1.00. The Kier molecular flexibility index (Phi) is 9.06. The van der Waals surface area contributed by atoms with Crippen LogP contribution in [0.25, 0.3) is 0 Å². The molecule has 0 unspecified atom stereocenters. The van der Waals surface area contributed by atoms with Crippen LogP contribution in [0.3, 0.4) is 0 Å². The third-order valence-electron chi connectivity index (χ3n) is 1.52. The zero-order chi connectivity index (χ0) is 6.95. The molecule has 1 radical (unpaired) electrons. The molecule has 0 atom stereocenters. The van der Waals surface area contributed by atoms with Crippen LogP contribution in [0.2, 0.25) is 10.5 Å². The van der Waals surface area contributed by atoms with Gasteiger partial charge in [0.2, 0.25) is 0 Å². The van der Waals surface area contributed by atoms with Crippen LogP contribution in [0.1, 0.15) is 39.5 Å². The molecule has 0 aliphatic heterocycles. The molecule has 0 amide bonds. The Morgan fingerprint density at radius 1 is 0.889 bits per heavy atom. The van der Waals surface area contributed by atoms with Gasteiger partial charge in [0.1, 0.15) is 0 Å². The second kappa shape index (κ2) is 8.54. The third kappa shape index (κ3) is 8.54. The van der Waals surface area contributed by atoms with Crippen molar-refractivity contribution in [3.63, 3.8) is 0 Å². The summed E-state index contributed by atoms with van der Waals surface area (Å²) in [5.74, 6) is 0. The van der Waals surface area contributed by atoms with Gasteiger partial charge in [-0.3, -0.25) is 0 Å². The van der Waals surface area contributed by atoms with Crippen molar-refractivity contribution in [1.29, 1.82) is 0 Å². The summed E-state index contributed by atoms with van der Waals surface area (Å²) in [6.07, 6.45) is 5.82. The third-order valence-corrected chi connectivity index (χ3v) is 4.95. The molecule has 0 aliphatic carbocycles. The van der Waals surface area contributed by atoms with Crippen molar-refractivity contribution in [2.45, 2.75) is 50.0 Å². The van der Waals surface area contributed by atoms with E-state index in [1.807, 2.05) is 0 Å². The summed E-state index contributed by atoms with van der Waals surface area (Å²) < 4.78 is 0. The van der Waals surface area contributed by atoms with Crippen LogP contribution in [-0.4, -0.2) is 15.4 Å². The van der Waals surface area contributed by atoms with Crippen LogP contribution in [0.15, 0.2) is 0 Å². The summed E-state index contributed by atoms with van der Waals surface area (Å²) in [5.41, 5.74) is 0. The number of hydrogen-bond donors (Lipinski definition) is 0. The molecule has 0 aliphatic rings. The Labute approximate surface area is 65.9 Å². The van der Waals surface area contributed by atoms with E-state index in [1.165, 1.54) is 25.7 Å². The first-order valence-corrected chi connectivity index (χ1v) is 7.66. The first-order valence-electron chi connectivity index (χ1n) is 4.23. The predicted molar refractivity (Wildman–Crippen MR) is 46.6 cm³/mol. The van der Waals surface area contributed by atoms with Gasteiger partial charge in [0, 0.05) is 0 Å². The van der Waals surface area contributed by atoms with Gasteiger partial charge in [0.25, 0.3) is 0 Å². The van der Waals surface area contributed by atoms with Crippen LogP contribution in [-0.2, 0) is 0 Å². The quantitative estimate of drug-likeness (QED) is 0.443. The number of unbranched alkanes of at least 4 members (excludes halogenated alkanes) is 2. The Morgan fingerprint density at radius 2 is 1.33 bits per heavy atom. The maximum absolute atomic E-state index is 2.29. The second-order valence-electron chi connectivity index (χ2n) is 2.57. The molecular formula is C8H19Ge. The van der Waals surface area contributed by atoms with Crippen molar-refractivity contribution in [2.75, 3.05) is 0 Å². The molecule has 0 saturated heterocycles. The summed E-state index contributed by atoms with van der Waals surface area (Å²) in [5, 5.41) is 3.22. The molecule has 0 heterocycles. The molecule has 0 saturated carbocycles. The Bertz CT molecular complexity index is 37.8. The van der Waals surface area contributed by atoms with Crippen molar-refractivity contribution in [2.24, 2.45) is 0 Å². The van der Waals surface area contributed by atoms with Crippen molar-refractivity contribution in [3.8, 4) is 0 Å². The second-order valence-corrected chi connectivity index (χ2v) is 6.21. The summed E-state index contributed by atoms with van der Waals surface area (Å²) in [6, 6.07) is 0. The molecule has 0 nitrogen and oxygen atoms in total. The van der Waals surface area contributed by atoms with E-state index in [0.717, 1.165) is 0 Å². The molecule has 55 valence electrons. The van der Waals surface area contributed by atoms with Gasteiger partial charge in [-0.15, -0.1) is 0 Å². The summed E-state index contributed by atoms with van der Waals surface area (Å²) >= 11 is 0.255. The van der Waals surface area contributed by atoms with E-state index in [4.69, 9.17) is 0 Å². The summed E-state index contributed by atoms with van der Waals surface area (Å²) in [7, 11) is 0. The molecule has 0 N–H and O–H groups in total. The van der Waals surface area contributed by atoms with Crippen LogP contribution in [0, 0.1) is 0 Å².